The molecule has 0 unspecified atom stereocenters. The molecule has 0 saturated carbocycles. The predicted octanol–water partition coefficient (Wildman–Crippen LogP) is 10.8. The fraction of sp³-hybridized carbons (Fsp3) is 0.240. The van der Waals surface area contributed by atoms with Gasteiger partial charge in [-0.3, -0.25) is 29.0 Å². The van der Waals surface area contributed by atoms with Crippen molar-refractivity contribution in [1.82, 2.24) is 14.4 Å². The zero-order valence-corrected chi connectivity index (χ0v) is 32.7. The van der Waals surface area contributed by atoms with Crippen LogP contribution < -0.4 is 0 Å². The summed E-state index contributed by atoms with van der Waals surface area (Å²) in [5, 5.41) is 8.51. The van der Waals surface area contributed by atoms with Crippen LogP contribution in [0, 0.1) is 11.8 Å². The summed E-state index contributed by atoms with van der Waals surface area (Å²) in [4.78, 5) is 60.2. The number of para-hydroxylation sites is 1. The molecule has 7 nitrogen and oxygen atoms in total. The first-order valence-corrected chi connectivity index (χ1v) is 20.3. The summed E-state index contributed by atoms with van der Waals surface area (Å²) < 4.78 is 2.31. The van der Waals surface area contributed by atoms with Gasteiger partial charge in [0, 0.05) is 95.4 Å². The number of carbonyl (C=O) groups is 4. The Bertz CT molecular complexity index is 3150. The second kappa shape index (κ2) is 12.8. The van der Waals surface area contributed by atoms with Crippen LogP contribution in [0.4, 0.5) is 0 Å². The summed E-state index contributed by atoms with van der Waals surface area (Å²) in [7, 11) is 0. The maximum Gasteiger partial charge on any atom is 0.261 e. The Hall–Kier alpha value is -6.52. The molecule has 7 aromatic carbocycles. The van der Waals surface area contributed by atoms with Crippen molar-refractivity contribution in [3.8, 4) is 11.8 Å². The van der Waals surface area contributed by atoms with Gasteiger partial charge in [0.25, 0.3) is 23.6 Å². The largest absolute Gasteiger partial charge is 0.341 e. The molecule has 57 heavy (non-hydrogen) atoms. The summed E-state index contributed by atoms with van der Waals surface area (Å²) in [6.45, 7) is 11.0. The Morgan fingerprint density at radius 3 is 1.58 bits per heavy atom. The number of imide groups is 2. The molecule has 0 bridgehead atoms. The van der Waals surface area contributed by atoms with Gasteiger partial charge >= 0.3 is 0 Å². The van der Waals surface area contributed by atoms with Crippen LogP contribution in [-0.2, 0) is 6.54 Å². The maximum atomic E-state index is 14.6. The highest BCUT2D eigenvalue weighted by atomic mass is 16.2. The normalized spacial score (nSPS) is 14.3. The van der Waals surface area contributed by atoms with Gasteiger partial charge in [-0.05, 0) is 103 Å². The number of aromatic nitrogens is 1. The van der Waals surface area contributed by atoms with Gasteiger partial charge in [0.05, 0.1) is 0 Å². The quantitative estimate of drug-likeness (QED) is 0.0704. The van der Waals surface area contributed by atoms with Crippen molar-refractivity contribution >= 4 is 88.5 Å². The summed E-state index contributed by atoms with van der Waals surface area (Å²) in [5.74, 6) is 5.84. The molecular weight excluding hydrogens is 707 g/mol. The summed E-state index contributed by atoms with van der Waals surface area (Å²) in [6.07, 6.45) is 2.64. The molecule has 2 aliphatic heterocycles. The first-order valence-electron chi connectivity index (χ1n) is 20.3. The van der Waals surface area contributed by atoms with Crippen LogP contribution in [0.15, 0.2) is 84.9 Å². The third-order valence-corrected chi connectivity index (χ3v) is 12.8. The van der Waals surface area contributed by atoms with Crippen molar-refractivity contribution in [3.63, 3.8) is 0 Å². The van der Waals surface area contributed by atoms with E-state index in [1.54, 1.807) is 0 Å². The first-order chi connectivity index (χ1) is 27.8. The molecule has 0 aliphatic carbocycles. The van der Waals surface area contributed by atoms with E-state index in [-0.39, 0.29) is 35.7 Å². The number of fused-ring (bicyclic) bond motifs is 5. The number of benzene rings is 7. The minimum atomic E-state index is -0.310. The third kappa shape index (κ3) is 4.61. The van der Waals surface area contributed by atoms with Gasteiger partial charge in [-0.25, -0.2) is 0 Å². The SMILES string of the molecule is CCC(CC)N1C(=O)c2ccc3c4ccc5c6c(cc(C#Cc7ccc8c(c7)c7ccccc7n8CC)c(c7ccc(c2c37)C1=O)c64)C(=O)N(C(CC)CC)C5=O. The Balaban J connectivity index is 1.29. The van der Waals surface area contributed by atoms with Crippen molar-refractivity contribution in [1.29, 1.82) is 0 Å². The maximum absolute atomic E-state index is 14.6. The van der Waals surface area contributed by atoms with E-state index in [1.807, 2.05) is 76.2 Å². The number of amides is 4. The summed E-state index contributed by atoms with van der Waals surface area (Å²) in [5.41, 5.74) is 5.77. The fourth-order valence-corrected chi connectivity index (χ4v) is 10.1. The van der Waals surface area contributed by atoms with Crippen molar-refractivity contribution in [2.45, 2.75) is 78.9 Å². The van der Waals surface area contributed by atoms with Crippen molar-refractivity contribution < 1.29 is 19.2 Å². The molecule has 0 fully saturated rings. The van der Waals surface area contributed by atoms with Crippen LogP contribution in [0.2, 0.25) is 0 Å². The zero-order valence-electron chi connectivity index (χ0n) is 32.7. The molecule has 280 valence electrons. The second-order valence-corrected chi connectivity index (χ2v) is 15.5. The fourth-order valence-electron chi connectivity index (χ4n) is 10.1. The molecule has 2 aliphatic rings. The molecule has 4 amide bonds. The molecule has 0 spiro atoms. The number of carbonyl (C=O) groups excluding carboxylic acids is 4. The molecule has 0 atom stereocenters. The number of hydrogen-bond acceptors (Lipinski definition) is 4. The van der Waals surface area contributed by atoms with Crippen molar-refractivity contribution in [3.05, 3.63) is 118 Å². The molecule has 7 heteroatoms. The lowest BCUT2D eigenvalue weighted by Crippen LogP contribution is -2.46. The van der Waals surface area contributed by atoms with Crippen molar-refractivity contribution in [2.75, 3.05) is 0 Å². The number of nitrogens with zero attached hydrogens (tertiary/aromatic N) is 3. The molecule has 10 rings (SSSR count). The topological polar surface area (TPSA) is 79.7 Å². The Labute approximate surface area is 330 Å². The molecule has 0 saturated heterocycles. The van der Waals surface area contributed by atoms with E-state index in [2.05, 4.69) is 59.7 Å². The Morgan fingerprint density at radius 1 is 0.456 bits per heavy atom. The lowest BCUT2D eigenvalue weighted by atomic mass is 9.80. The Morgan fingerprint density at radius 2 is 0.982 bits per heavy atom. The lowest BCUT2D eigenvalue weighted by molar-refractivity contribution is 0.0514. The van der Waals surface area contributed by atoms with E-state index >= 15 is 0 Å². The van der Waals surface area contributed by atoms with Gasteiger partial charge < -0.3 is 4.57 Å². The van der Waals surface area contributed by atoms with E-state index in [4.69, 9.17) is 0 Å². The highest BCUT2D eigenvalue weighted by molar-refractivity contribution is 6.42. The van der Waals surface area contributed by atoms with Gasteiger partial charge in [-0.1, -0.05) is 75.9 Å². The van der Waals surface area contributed by atoms with Crippen LogP contribution in [0.25, 0.3) is 64.9 Å². The molecule has 8 aromatic rings. The number of hydrogen-bond donors (Lipinski definition) is 0. The van der Waals surface area contributed by atoms with E-state index in [0.29, 0.717) is 64.3 Å². The standard InChI is InChI=1S/C50H41N3O4/c1-6-29(7-2)52-47(54)35-21-18-32-33-19-22-37-45-39(50(57)53(49(37)56)30(8-3)9-4)26-28(42(46(33)45)34-20-23-36(48(52)55)44(35)43(32)34)17-15-27-16-24-41-38(25-27)31-13-11-12-14-40(31)51(41)10-5/h11-14,16,18-26,29-30H,6-10H2,1-5H3. The van der Waals surface area contributed by atoms with Crippen LogP contribution >= 0.6 is 0 Å². The molecule has 1 aromatic heterocycles. The molecule has 3 heterocycles. The lowest BCUT2D eigenvalue weighted by Gasteiger charge is -2.34. The number of aryl methyl sites for hydroxylation is 1. The minimum Gasteiger partial charge on any atom is -0.341 e. The van der Waals surface area contributed by atoms with Crippen LogP contribution in [0.3, 0.4) is 0 Å². The van der Waals surface area contributed by atoms with Gasteiger partial charge in [0.15, 0.2) is 0 Å². The Kier molecular flexibility index (Phi) is 7.82. The van der Waals surface area contributed by atoms with Crippen LogP contribution in [-0.4, -0.2) is 50.1 Å². The zero-order chi connectivity index (χ0) is 39.4. The summed E-state index contributed by atoms with van der Waals surface area (Å²) in [6, 6.07) is 27.6. The average Bonchev–Trinajstić information content (AvgIpc) is 3.56. The second-order valence-electron chi connectivity index (χ2n) is 15.5. The van der Waals surface area contributed by atoms with E-state index in [9.17, 15) is 19.2 Å². The number of rotatable bonds is 7. The van der Waals surface area contributed by atoms with Gasteiger partial charge in [0.1, 0.15) is 0 Å². The molecule has 0 radical (unpaired) electrons. The smallest absolute Gasteiger partial charge is 0.261 e. The minimum absolute atomic E-state index is 0.202. The average molecular weight is 748 g/mol. The van der Waals surface area contributed by atoms with E-state index in [0.717, 1.165) is 55.3 Å². The van der Waals surface area contributed by atoms with E-state index in [1.165, 1.54) is 20.7 Å². The van der Waals surface area contributed by atoms with Crippen LogP contribution in [0.5, 0.6) is 0 Å². The van der Waals surface area contributed by atoms with Crippen molar-refractivity contribution in [2.24, 2.45) is 0 Å². The monoisotopic (exact) mass is 747 g/mol. The molecule has 0 N–H and O–H groups in total. The van der Waals surface area contributed by atoms with Crippen LogP contribution in [0.1, 0.15) is 113 Å². The van der Waals surface area contributed by atoms with Gasteiger partial charge in [-0.2, -0.15) is 0 Å². The first kappa shape index (κ1) is 34.9. The molecular formula is C50H41N3O4. The van der Waals surface area contributed by atoms with Gasteiger partial charge in [-0.15, -0.1) is 0 Å². The van der Waals surface area contributed by atoms with E-state index < -0.39 is 0 Å². The predicted molar refractivity (Wildman–Crippen MR) is 228 cm³/mol. The third-order valence-electron chi connectivity index (χ3n) is 12.8. The highest BCUT2D eigenvalue weighted by Crippen LogP contribution is 2.48. The highest BCUT2D eigenvalue weighted by Gasteiger charge is 2.40. The summed E-state index contributed by atoms with van der Waals surface area (Å²) >= 11 is 0. The van der Waals surface area contributed by atoms with Gasteiger partial charge in [0.2, 0.25) is 0 Å².